The van der Waals surface area contributed by atoms with Gasteiger partial charge in [-0.15, -0.1) is 0 Å². The second-order valence-corrected chi connectivity index (χ2v) is 4.68. The largest absolute Gasteiger partial charge is 0.396 e. The molecule has 2 N–H and O–H groups in total. The molecule has 90 valence electrons. The number of rotatable bonds is 1. The normalized spacial score (nSPS) is 11.0. The first-order valence-electron chi connectivity index (χ1n) is 5.65. The molecule has 0 saturated heterocycles. The molecular formula is C14H12ClN3. The van der Waals surface area contributed by atoms with Gasteiger partial charge in [-0.3, -0.25) is 4.40 Å². The molecule has 0 aliphatic carbocycles. The van der Waals surface area contributed by atoms with Gasteiger partial charge in [0.05, 0.1) is 11.4 Å². The van der Waals surface area contributed by atoms with Crippen LogP contribution in [-0.4, -0.2) is 9.38 Å². The summed E-state index contributed by atoms with van der Waals surface area (Å²) in [5.41, 5.74) is 10.4. The number of halogens is 1. The van der Waals surface area contributed by atoms with Crippen LogP contribution in [0.5, 0.6) is 0 Å². The topological polar surface area (TPSA) is 43.3 Å². The maximum absolute atomic E-state index is 6.12. The number of hydrogen-bond donors (Lipinski definition) is 1. The van der Waals surface area contributed by atoms with E-state index in [1.54, 1.807) is 16.5 Å². The first-order valence-corrected chi connectivity index (χ1v) is 6.03. The number of nitrogens with zero attached hydrogens (tertiary/aromatic N) is 2. The Hall–Kier alpha value is -2.00. The van der Waals surface area contributed by atoms with Gasteiger partial charge >= 0.3 is 0 Å². The fourth-order valence-electron chi connectivity index (χ4n) is 1.92. The lowest BCUT2D eigenvalue weighted by molar-refractivity contribution is 1.19. The van der Waals surface area contributed by atoms with Gasteiger partial charge in [-0.05, 0) is 19.1 Å². The number of hydrogen-bond acceptors (Lipinski definition) is 2. The number of imidazole rings is 1. The van der Waals surface area contributed by atoms with Crippen LogP contribution in [0.3, 0.4) is 0 Å². The molecule has 0 spiro atoms. The summed E-state index contributed by atoms with van der Waals surface area (Å²) >= 11 is 6.12. The Kier molecular flexibility index (Phi) is 2.49. The van der Waals surface area contributed by atoms with Crippen molar-refractivity contribution in [1.82, 2.24) is 9.38 Å². The summed E-state index contributed by atoms with van der Waals surface area (Å²) in [6.07, 6.45) is 1.90. The van der Waals surface area contributed by atoms with Crippen molar-refractivity contribution in [1.29, 1.82) is 0 Å². The quantitative estimate of drug-likeness (QED) is 0.678. The Bertz CT molecular complexity index is 675. The summed E-state index contributed by atoms with van der Waals surface area (Å²) < 4.78 is 1.80. The third-order valence-corrected chi connectivity index (χ3v) is 3.25. The summed E-state index contributed by atoms with van der Waals surface area (Å²) in [6.45, 7) is 2.06. The predicted molar refractivity (Wildman–Crippen MR) is 74.8 cm³/mol. The van der Waals surface area contributed by atoms with E-state index in [0.29, 0.717) is 16.5 Å². The highest BCUT2D eigenvalue weighted by molar-refractivity contribution is 6.29. The number of fused-ring (bicyclic) bond motifs is 1. The van der Waals surface area contributed by atoms with Crippen molar-refractivity contribution in [2.45, 2.75) is 6.92 Å². The Morgan fingerprint density at radius 3 is 2.50 bits per heavy atom. The zero-order valence-electron chi connectivity index (χ0n) is 9.89. The highest BCUT2D eigenvalue weighted by atomic mass is 35.5. The van der Waals surface area contributed by atoms with Crippen LogP contribution in [-0.2, 0) is 0 Å². The first-order chi connectivity index (χ1) is 8.65. The predicted octanol–water partition coefficient (Wildman–Crippen LogP) is 3.55. The van der Waals surface area contributed by atoms with Gasteiger partial charge in [0.25, 0.3) is 0 Å². The zero-order chi connectivity index (χ0) is 12.7. The Morgan fingerprint density at radius 1 is 1.11 bits per heavy atom. The summed E-state index contributed by atoms with van der Waals surface area (Å²) in [4.78, 5) is 4.53. The van der Waals surface area contributed by atoms with Gasteiger partial charge in [0, 0.05) is 11.8 Å². The molecule has 0 bridgehead atoms. The van der Waals surface area contributed by atoms with Crippen LogP contribution in [0.25, 0.3) is 16.9 Å². The fourth-order valence-corrected chi connectivity index (χ4v) is 2.12. The molecule has 3 rings (SSSR count). The standard InChI is InChI=1S/C14H12ClN3/c1-9-2-4-10(5-3-9)12-8-18-13(15)7-6-11(16)14(18)17-12/h2-8H,16H2,1H3. The number of benzene rings is 1. The first kappa shape index (κ1) is 11.1. The van der Waals surface area contributed by atoms with Crippen molar-refractivity contribution < 1.29 is 0 Å². The van der Waals surface area contributed by atoms with Crippen LogP contribution in [0.1, 0.15) is 5.56 Å². The summed E-state index contributed by atoms with van der Waals surface area (Å²) in [7, 11) is 0. The Balaban J connectivity index is 2.22. The second kappa shape index (κ2) is 4.03. The number of aryl methyl sites for hydroxylation is 1. The average molecular weight is 258 g/mol. The zero-order valence-corrected chi connectivity index (χ0v) is 10.6. The molecule has 0 aliphatic heterocycles. The van der Waals surface area contributed by atoms with Gasteiger partial charge in [-0.2, -0.15) is 0 Å². The Labute approximate surface area is 110 Å². The molecule has 0 aliphatic rings. The van der Waals surface area contributed by atoms with Crippen molar-refractivity contribution in [3.63, 3.8) is 0 Å². The van der Waals surface area contributed by atoms with Gasteiger partial charge in [-0.1, -0.05) is 41.4 Å². The van der Waals surface area contributed by atoms with Crippen LogP contribution >= 0.6 is 11.6 Å². The smallest absolute Gasteiger partial charge is 0.161 e. The van der Waals surface area contributed by atoms with Gasteiger partial charge in [0.15, 0.2) is 5.65 Å². The lowest BCUT2D eigenvalue weighted by Crippen LogP contribution is -1.92. The number of aromatic nitrogens is 2. The number of nitrogens with two attached hydrogens (primary N) is 1. The van der Waals surface area contributed by atoms with Crippen molar-refractivity contribution in [2.24, 2.45) is 0 Å². The van der Waals surface area contributed by atoms with Crippen LogP contribution in [0.15, 0.2) is 42.6 Å². The number of nitrogen functional groups attached to an aromatic ring is 1. The SMILES string of the molecule is Cc1ccc(-c2cn3c(Cl)ccc(N)c3n2)cc1. The summed E-state index contributed by atoms with van der Waals surface area (Å²) in [5, 5.41) is 0.602. The third kappa shape index (κ3) is 1.73. The lowest BCUT2D eigenvalue weighted by Gasteiger charge is -1.98. The maximum Gasteiger partial charge on any atom is 0.161 e. The maximum atomic E-state index is 6.12. The molecule has 4 heteroatoms. The molecule has 18 heavy (non-hydrogen) atoms. The second-order valence-electron chi connectivity index (χ2n) is 4.30. The van der Waals surface area contributed by atoms with Crippen LogP contribution in [0.2, 0.25) is 5.15 Å². The molecule has 0 fully saturated rings. The molecule has 0 saturated carbocycles. The minimum Gasteiger partial charge on any atom is -0.396 e. The van der Waals surface area contributed by atoms with Crippen molar-refractivity contribution in [3.05, 3.63) is 53.3 Å². The van der Waals surface area contributed by atoms with E-state index < -0.39 is 0 Å². The molecule has 3 aromatic rings. The van der Waals surface area contributed by atoms with E-state index in [9.17, 15) is 0 Å². The minimum absolute atomic E-state index is 0.602. The molecule has 2 aromatic heterocycles. The number of anilines is 1. The monoisotopic (exact) mass is 257 g/mol. The van der Waals surface area contributed by atoms with Gasteiger partial charge in [0.2, 0.25) is 0 Å². The van der Waals surface area contributed by atoms with Crippen molar-refractivity contribution in [3.8, 4) is 11.3 Å². The van der Waals surface area contributed by atoms with E-state index >= 15 is 0 Å². The van der Waals surface area contributed by atoms with Gasteiger partial charge < -0.3 is 5.73 Å². The van der Waals surface area contributed by atoms with E-state index in [4.69, 9.17) is 17.3 Å². The molecule has 0 amide bonds. The van der Waals surface area contributed by atoms with Crippen LogP contribution in [0.4, 0.5) is 5.69 Å². The van der Waals surface area contributed by atoms with Crippen LogP contribution in [0, 0.1) is 6.92 Å². The van der Waals surface area contributed by atoms with Gasteiger partial charge in [0.1, 0.15) is 5.15 Å². The molecule has 0 atom stereocenters. The minimum atomic E-state index is 0.602. The Morgan fingerprint density at radius 2 is 1.83 bits per heavy atom. The van der Waals surface area contributed by atoms with Crippen molar-refractivity contribution in [2.75, 3.05) is 5.73 Å². The van der Waals surface area contributed by atoms with E-state index in [2.05, 4.69) is 24.0 Å². The average Bonchev–Trinajstić information content (AvgIpc) is 2.81. The van der Waals surface area contributed by atoms with E-state index in [1.165, 1.54) is 5.56 Å². The summed E-state index contributed by atoms with van der Waals surface area (Å²) in [5.74, 6) is 0. The van der Waals surface area contributed by atoms with E-state index in [0.717, 1.165) is 11.3 Å². The third-order valence-electron chi connectivity index (χ3n) is 2.94. The highest BCUT2D eigenvalue weighted by Crippen LogP contribution is 2.25. The van der Waals surface area contributed by atoms with Crippen molar-refractivity contribution >= 4 is 22.9 Å². The highest BCUT2D eigenvalue weighted by Gasteiger charge is 2.08. The van der Waals surface area contributed by atoms with E-state index in [-0.39, 0.29) is 0 Å². The molecule has 0 unspecified atom stereocenters. The molecule has 0 radical (unpaired) electrons. The fraction of sp³-hybridized carbons (Fsp3) is 0.0714. The lowest BCUT2D eigenvalue weighted by atomic mass is 10.1. The van der Waals surface area contributed by atoms with E-state index in [1.807, 2.05) is 18.3 Å². The summed E-state index contributed by atoms with van der Waals surface area (Å²) in [6, 6.07) is 11.7. The molecular weight excluding hydrogens is 246 g/mol. The molecule has 1 aromatic carbocycles. The van der Waals surface area contributed by atoms with Crippen LogP contribution < -0.4 is 5.73 Å². The van der Waals surface area contributed by atoms with Gasteiger partial charge in [-0.25, -0.2) is 4.98 Å². The number of pyridine rings is 1. The molecule has 3 nitrogen and oxygen atoms in total. The molecule has 2 heterocycles.